The molecule has 1 atom stereocenters. The Bertz CT molecular complexity index is 1160. The first-order valence-corrected chi connectivity index (χ1v) is 12.5. The molecule has 0 N–H and O–H groups in total. The highest BCUT2D eigenvalue weighted by molar-refractivity contribution is 7.10. The molecule has 3 aromatic rings. The van der Waals surface area contributed by atoms with E-state index in [0.717, 1.165) is 30.6 Å². The fourth-order valence-electron chi connectivity index (χ4n) is 4.48. The Morgan fingerprint density at radius 2 is 1.85 bits per heavy atom. The third-order valence-corrected chi connectivity index (χ3v) is 7.44. The van der Waals surface area contributed by atoms with Crippen LogP contribution in [0, 0.1) is 0 Å². The molecule has 34 heavy (non-hydrogen) atoms. The number of benzene rings is 2. The fourth-order valence-corrected chi connectivity index (χ4v) is 5.40. The van der Waals surface area contributed by atoms with Gasteiger partial charge in [0.15, 0.2) is 0 Å². The van der Waals surface area contributed by atoms with E-state index in [0.29, 0.717) is 24.5 Å². The summed E-state index contributed by atoms with van der Waals surface area (Å²) in [6, 6.07) is 18.8. The maximum absolute atomic E-state index is 13.6. The monoisotopic (exact) mass is 476 g/mol. The largest absolute Gasteiger partial charge is 0.497 e. The van der Waals surface area contributed by atoms with Crippen molar-refractivity contribution >= 4 is 23.2 Å². The number of hydrogen-bond donors (Lipinski definition) is 0. The molecule has 0 spiro atoms. The Balaban J connectivity index is 1.34. The predicted molar refractivity (Wildman–Crippen MR) is 131 cm³/mol. The van der Waals surface area contributed by atoms with Crippen LogP contribution in [0.5, 0.6) is 11.5 Å². The fraction of sp³-hybridized carbons (Fsp3) is 0.333. The number of rotatable bonds is 8. The average Bonchev–Trinajstić information content (AvgIpc) is 3.61. The maximum atomic E-state index is 13.6. The minimum atomic E-state index is -0.193. The molecule has 2 heterocycles. The number of carbonyl (C=O) groups is 2. The van der Waals surface area contributed by atoms with Crippen molar-refractivity contribution in [2.45, 2.75) is 31.3 Å². The van der Waals surface area contributed by atoms with Gasteiger partial charge >= 0.3 is 0 Å². The highest BCUT2D eigenvalue weighted by Gasteiger charge is 2.38. The van der Waals surface area contributed by atoms with Gasteiger partial charge in [0.1, 0.15) is 24.7 Å². The molecule has 0 bridgehead atoms. The maximum Gasteiger partial charge on any atom is 0.254 e. The molecular formula is C27H28N2O4S. The van der Waals surface area contributed by atoms with Gasteiger partial charge in [-0.05, 0) is 60.5 Å². The molecule has 7 heteroatoms. The van der Waals surface area contributed by atoms with Gasteiger partial charge in [0.05, 0.1) is 13.2 Å². The number of hydrogen-bond acceptors (Lipinski definition) is 5. The van der Waals surface area contributed by atoms with E-state index in [9.17, 15) is 9.59 Å². The van der Waals surface area contributed by atoms with Gasteiger partial charge < -0.3 is 19.3 Å². The molecule has 5 rings (SSSR count). The first kappa shape index (κ1) is 22.5. The minimum absolute atomic E-state index is 0.0349. The van der Waals surface area contributed by atoms with Gasteiger partial charge in [-0.15, -0.1) is 11.3 Å². The van der Waals surface area contributed by atoms with Crippen molar-refractivity contribution in [3.05, 3.63) is 82.0 Å². The van der Waals surface area contributed by atoms with Crippen molar-refractivity contribution < 1.29 is 19.1 Å². The zero-order valence-corrected chi connectivity index (χ0v) is 20.0. The molecule has 2 amide bonds. The quantitative estimate of drug-likeness (QED) is 0.478. The van der Waals surface area contributed by atoms with E-state index in [1.165, 1.54) is 4.88 Å². The topological polar surface area (TPSA) is 59.1 Å². The first-order valence-electron chi connectivity index (χ1n) is 11.6. The van der Waals surface area contributed by atoms with Crippen LogP contribution in [-0.2, 0) is 11.2 Å². The molecule has 6 nitrogen and oxygen atoms in total. The molecule has 1 saturated carbocycles. The smallest absolute Gasteiger partial charge is 0.254 e. The lowest BCUT2D eigenvalue weighted by Gasteiger charge is -2.37. The van der Waals surface area contributed by atoms with E-state index in [-0.39, 0.29) is 30.4 Å². The molecule has 1 aromatic heterocycles. The molecule has 2 aliphatic rings. The summed E-state index contributed by atoms with van der Waals surface area (Å²) in [5.41, 5.74) is 1.76. The number of methoxy groups -OCH3 is 1. The van der Waals surface area contributed by atoms with Crippen molar-refractivity contribution in [2.75, 3.05) is 26.8 Å². The Morgan fingerprint density at radius 1 is 1.06 bits per heavy atom. The van der Waals surface area contributed by atoms with Crippen LogP contribution in [0.4, 0.5) is 0 Å². The van der Waals surface area contributed by atoms with Gasteiger partial charge in [0.25, 0.3) is 5.91 Å². The summed E-state index contributed by atoms with van der Waals surface area (Å²) in [5.74, 6) is 1.32. The van der Waals surface area contributed by atoms with Crippen molar-refractivity contribution in [2.24, 2.45) is 0 Å². The van der Waals surface area contributed by atoms with Crippen LogP contribution >= 0.6 is 11.3 Å². The van der Waals surface area contributed by atoms with E-state index in [1.54, 1.807) is 23.3 Å². The highest BCUT2D eigenvalue weighted by atomic mass is 32.1. The van der Waals surface area contributed by atoms with E-state index in [2.05, 4.69) is 11.4 Å². The second kappa shape index (κ2) is 9.89. The number of ether oxygens (including phenoxy) is 2. The van der Waals surface area contributed by atoms with Gasteiger partial charge in [-0.2, -0.15) is 0 Å². The third kappa shape index (κ3) is 4.80. The summed E-state index contributed by atoms with van der Waals surface area (Å²) in [6.07, 6.45) is 2.72. The predicted octanol–water partition coefficient (Wildman–Crippen LogP) is 4.57. The van der Waals surface area contributed by atoms with Crippen molar-refractivity contribution in [1.29, 1.82) is 0 Å². The van der Waals surface area contributed by atoms with Gasteiger partial charge in [-0.1, -0.05) is 24.3 Å². The summed E-state index contributed by atoms with van der Waals surface area (Å²) in [4.78, 5) is 31.7. The minimum Gasteiger partial charge on any atom is -0.497 e. The van der Waals surface area contributed by atoms with Crippen LogP contribution in [0.25, 0.3) is 0 Å². The van der Waals surface area contributed by atoms with Crippen LogP contribution in [0.15, 0.2) is 66.0 Å². The van der Waals surface area contributed by atoms with E-state index < -0.39 is 0 Å². The second-order valence-electron chi connectivity index (χ2n) is 8.67. The van der Waals surface area contributed by atoms with Crippen LogP contribution in [0.1, 0.15) is 39.7 Å². The highest BCUT2D eigenvalue weighted by Crippen LogP contribution is 2.35. The summed E-state index contributed by atoms with van der Waals surface area (Å²) in [6.45, 7) is 1.06. The Kier molecular flexibility index (Phi) is 6.54. The van der Waals surface area contributed by atoms with Crippen LogP contribution in [-0.4, -0.2) is 54.5 Å². The van der Waals surface area contributed by atoms with Gasteiger partial charge in [0.2, 0.25) is 5.91 Å². The van der Waals surface area contributed by atoms with Crippen LogP contribution < -0.4 is 9.47 Å². The first-order chi connectivity index (χ1) is 16.6. The number of thiophene rings is 1. The summed E-state index contributed by atoms with van der Waals surface area (Å²) >= 11 is 1.72. The zero-order valence-electron chi connectivity index (χ0n) is 19.2. The lowest BCUT2D eigenvalue weighted by Crippen LogP contribution is -2.48. The number of amides is 2. The lowest BCUT2D eigenvalue weighted by molar-refractivity contribution is -0.135. The molecule has 1 aliphatic heterocycles. The normalized spacial score (nSPS) is 17.1. The van der Waals surface area contributed by atoms with E-state index >= 15 is 0 Å². The molecule has 2 aromatic carbocycles. The van der Waals surface area contributed by atoms with Crippen molar-refractivity contribution in [1.82, 2.24) is 9.80 Å². The Morgan fingerprint density at radius 3 is 2.62 bits per heavy atom. The Hall–Kier alpha value is -3.32. The van der Waals surface area contributed by atoms with E-state index in [1.807, 2.05) is 59.5 Å². The van der Waals surface area contributed by atoms with Gasteiger partial charge in [-0.3, -0.25) is 9.59 Å². The zero-order chi connectivity index (χ0) is 23.5. The number of nitrogens with zero attached hydrogens (tertiary/aromatic N) is 2. The molecule has 1 fully saturated rings. The lowest BCUT2D eigenvalue weighted by atomic mass is 10.0. The molecule has 176 valence electrons. The van der Waals surface area contributed by atoms with Gasteiger partial charge in [0, 0.05) is 29.1 Å². The summed E-state index contributed by atoms with van der Waals surface area (Å²) in [7, 11) is 1.63. The van der Waals surface area contributed by atoms with E-state index in [4.69, 9.17) is 9.47 Å². The molecule has 0 saturated heterocycles. The molecular weight excluding hydrogens is 448 g/mol. The van der Waals surface area contributed by atoms with Crippen LogP contribution in [0.2, 0.25) is 0 Å². The Labute approximate surface area is 203 Å². The number of fused-ring (bicyclic) bond motifs is 1. The number of carbonyl (C=O) groups excluding carboxylic acids is 2. The molecule has 0 radical (unpaired) electrons. The SMILES string of the molecule is COc1cccc(OC[C@@H]2c3ccsc3CCN2C(=O)CN(C(=O)c2ccccc2)C2CC2)c1. The summed E-state index contributed by atoms with van der Waals surface area (Å²) in [5, 5.41) is 2.08. The summed E-state index contributed by atoms with van der Waals surface area (Å²) < 4.78 is 11.4. The average molecular weight is 477 g/mol. The van der Waals surface area contributed by atoms with Gasteiger partial charge in [-0.25, -0.2) is 0 Å². The molecule has 1 aliphatic carbocycles. The third-order valence-electron chi connectivity index (χ3n) is 6.44. The van der Waals surface area contributed by atoms with Crippen molar-refractivity contribution in [3.63, 3.8) is 0 Å². The van der Waals surface area contributed by atoms with Crippen LogP contribution in [0.3, 0.4) is 0 Å². The standard InChI is InChI=1S/C27H28N2O4S/c1-32-21-8-5-9-22(16-21)33-18-24-23-13-15-34-25(23)12-14-28(24)26(30)17-29(20-10-11-20)27(31)19-6-3-2-4-7-19/h2-9,13,15-16,20,24H,10-12,14,17-18H2,1H3/t24-/m1/s1. The second-order valence-corrected chi connectivity index (χ2v) is 9.67. The molecule has 0 unspecified atom stereocenters. The van der Waals surface area contributed by atoms with Crippen molar-refractivity contribution in [3.8, 4) is 11.5 Å².